The SMILES string of the molecule is O=C(C1CCN(c2nccc(C(F)(F)F)n2)CC1)N(CC1CC1)c1ccc(Cl)cc1. The third kappa shape index (κ3) is 4.86. The summed E-state index contributed by atoms with van der Waals surface area (Å²) in [5.41, 5.74) is -0.121. The summed E-state index contributed by atoms with van der Waals surface area (Å²) in [6.45, 7) is 1.57. The lowest BCUT2D eigenvalue weighted by molar-refractivity contribution is -0.141. The molecule has 0 radical (unpaired) electrons. The molecule has 5 nitrogen and oxygen atoms in total. The second-order valence-electron chi connectivity index (χ2n) is 7.87. The Morgan fingerprint density at radius 3 is 2.37 bits per heavy atom. The maximum Gasteiger partial charge on any atom is 0.433 e. The molecule has 0 spiro atoms. The molecule has 2 aromatic rings. The van der Waals surface area contributed by atoms with Gasteiger partial charge in [-0.15, -0.1) is 0 Å². The van der Waals surface area contributed by atoms with Crippen molar-refractivity contribution >= 4 is 29.1 Å². The minimum absolute atomic E-state index is 0.0586. The van der Waals surface area contributed by atoms with Gasteiger partial charge in [-0.1, -0.05) is 11.6 Å². The van der Waals surface area contributed by atoms with Crippen molar-refractivity contribution in [2.24, 2.45) is 11.8 Å². The Kier molecular flexibility index (Phi) is 5.86. The van der Waals surface area contributed by atoms with E-state index in [1.54, 1.807) is 17.0 Å². The molecular weight excluding hydrogens is 417 g/mol. The Bertz CT molecular complexity index is 894. The second kappa shape index (κ2) is 8.41. The Morgan fingerprint density at radius 1 is 1.10 bits per heavy atom. The van der Waals surface area contributed by atoms with E-state index in [4.69, 9.17) is 11.6 Å². The van der Waals surface area contributed by atoms with Crippen LogP contribution in [0.15, 0.2) is 36.5 Å². The van der Waals surface area contributed by atoms with E-state index < -0.39 is 11.9 Å². The summed E-state index contributed by atoms with van der Waals surface area (Å²) in [6, 6.07) is 8.12. The third-order valence-electron chi connectivity index (χ3n) is 5.60. The van der Waals surface area contributed by atoms with Crippen LogP contribution in [0.3, 0.4) is 0 Å². The molecule has 9 heteroatoms. The molecule has 160 valence electrons. The van der Waals surface area contributed by atoms with E-state index in [1.165, 1.54) is 0 Å². The van der Waals surface area contributed by atoms with Crippen LogP contribution in [0.1, 0.15) is 31.4 Å². The van der Waals surface area contributed by atoms with Gasteiger partial charge in [-0.25, -0.2) is 9.97 Å². The van der Waals surface area contributed by atoms with Gasteiger partial charge in [-0.05, 0) is 61.9 Å². The number of nitrogens with zero attached hydrogens (tertiary/aromatic N) is 4. The van der Waals surface area contributed by atoms with Gasteiger partial charge in [-0.3, -0.25) is 4.79 Å². The van der Waals surface area contributed by atoms with Gasteiger partial charge < -0.3 is 9.80 Å². The van der Waals surface area contributed by atoms with Gasteiger partial charge in [0, 0.05) is 42.5 Å². The van der Waals surface area contributed by atoms with Gasteiger partial charge in [0.1, 0.15) is 5.69 Å². The van der Waals surface area contributed by atoms with Crippen molar-refractivity contribution in [3.63, 3.8) is 0 Å². The number of benzene rings is 1. The molecule has 30 heavy (non-hydrogen) atoms. The van der Waals surface area contributed by atoms with Crippen molar-refractivity contribution < 1.29 is 18.0 Å². The predicted molar refractivity (Wildman–Crippen MR) is 109 cm³/mol. The first-order valence-corrected chi connectivity index (χ1v) is 10.4. The normalized spacial score (nSPS) is 17.8. The zero-order chi connectivity index (χ0) is 21.3. The molecule has 1 aliphatic carbocycles. The first-order chi connectivity index (χ1) is 14.3. The Morgan fingerprint density at radius 2 is 1.77 bits per heavy atom. The number of alkyl halides is 3. The van der Waals surface area contributed by atoms with E-state index in [9.17, 15) is 18.0 Å². The Balaban J connectivity index is 1.43. The number of rotatable bonds is 5. The average molecular weight is 439 g/mol. The van der Waals surface area contributed by atoms with Crippen LogP contribution in [-0.2, 0) is 11.0 Å². The number of amides is 1. The van der Waals surface area contributed by atoms with E-state index >= 15 is 0 Å². The highest BCUT2D eigenvalue weighted by atomic mass is 35.5. The van der Waals surface area contributed by atoms with Crippen LogP contribution < -0.4 is 9.80 Å². The summed E-state index contributed by atoms with van der Waals surface area (Å²) in [7, 11) is 0. The Hall–Kier alpha value is -2.35. The van der Waals surface area contributed by atoms with E-state index in [-0.39, 0.29) is 17.8 Å². The highest BCUT2D eigenvalue weighted by Gasteiger charge is 2.35. The second-order valence-corrected chi connectivity index (χ2v) is 8.31. The predicted octanol–water partition coefficient (Wildman–Crippen LogP) is 4.81. The van der Waals surface area contributed by atoms with Gasteiger partial charge in [0.15, 0.2) is 0 Å². The van der Waals surface area contributed by atoms with Crippen molar-refractivity contribution in [2.45, 2.75) is 31.9 Å². The Labute approximate surface area is 177 Å². The number of piperidine rings is 1. The molecule has 1 aromatic carbocycles. The molecule has 1 amide bonds. The molecular formula is C21H22ClF3N4O. The highest BCUT2D eigenvalue weighted by molar-refractivity contribution is 6.30. The fourth-order valence-corrected chi connectivity index (χ4v) is 3.83. The summed E-state index contributed by atoms with van der Waals surface area (Å²) < 4.78 is 38.8. The van der Waals surface area contributed by atoms with E-state index in [0.29, 0.717) is 43.4 Å². The molecule has 4 rings (SSSR count). The van der Waals surface area contributed by atoms with E-state index in [0.717, 1.165) is 30.8 Å². The van der Waals surface area contributed by atoms with Crippen molar-refractivity contribution in [1.82, 2.24) is 9.97 Å². The van der Waals surface area contributed by atoms with Crippen LogP contribution in [0.4, 0.5) is 24.8 Å². The molecule has 0 N–H and O–H groups in total. The van der Waals surface area contributed by atoms with Gasteiger partial charge in [0.2, 0.25) is 11.9 Å². The molecule has 2 heterocycles. The number of hydrogen-bond acceptors (Lipinski definition) is 4. The molecule has 2 fully saturated rings. The smallest absolute Gasteiger partial charge is 0.341 e. The molecule has 1 aliphatic heterocycles. The van der Waals surface area contributed by atoms with Gasteiger partial charge in [0.05, 0.1) is 0 Å². The van der Waals surface area contributed by atoms with E-state index in [2.05, 4.69) is 9.97 Å². The van der Waals surface area contributed by atoms with Gasteiger partial charge in [0.25, 0.3) is 0 Å². The molecule has 1 saturated heterocycles. The molecule has 1 saturated carbocycles. The lowest BCUT2D eigenvalue weighted by Gasteiger charge is -2.34. The van der Waals surface area contributed by atoms with Crippen molar-refractivity contribution in [3.05, 3.63) is 47.2 Å². The molecule has 1 aromatic heterocycles. The summed E-state index contributed by atoms with van der Waals surface area (Å²) >= 11 is 5.99. The van der Waals surface area contributed by atoms with Gasteiger partial charge in [-0.2, -0.15) is 13.2 Å². The van der Waals surface area contributed by atoms with Crippen LogP contribution >= 0.6 is 11.6 Å². The minimum atomic E-state index is -4.51. The van der Waals surface area contributed by atoms with Crippen molar-refractivity contribution in [2.75, 3.05) is 29.4 Å². The first-order valence-electron chi connectivity index (χ1n) is 10.0. The van der Waals surface area contributed by atoms with Crippen LogP contribution in [0.5, 0.6) is 0 Å². The monoisotopic (exact) mass is 438 g/mol. The van der Waals surface area contributed by atoms with E-state index in [1.807, 2.05) is 17.0 Å². The summed E-state index contributed by atoms with van der Waals surface area (Å²) in [4.78, 5) is 24.5. The zero-order valence-electron chi connectivity index (χ0n) is 16.3. The van der Waals surface area contributed by atoms with Gasteiger partial charge >= 0.3 is 6.18 Å². The molecule has 0 unspecified atom stereocenters. The number of anilines is 2. The molecule has 0 bridgehead atoms. The number of aromatic nitrogens is 2. The fourth-order valence-electron chi connectivity index (χ4n) is 3.71. The fraction of sp³-hybridized carbons (Fsp3) is 0.476. The number of hydrogen-bond donors (Lipinski definition) is 0. The average Bonchev–Trinajstić information content (AvgIpc) is 3.56. The van der Waals surface area contributed by atoms with Crippen molar-refractivity contribution in [3.8, 4) is 0 Å². The molecule has 0 atom stereocenters. The first kappa shape index (κ1) is 20.9. The lowest BCUT2D eigenvalue weighted by atomic mass is 9.95. The quantitative estimate of drug-likeness (QED) is 0.672. The number of carbonyl (C=O) groups excluding carboxylic acids is 1. The third-order valence-corrected chi connectivity index (χ3v) is 5.85. The largest absolute Gasteiger partial charge is 0.433 e. The van der Waals surface area contributed by atoms with Crippen molar-refractivity contribution in [1.29, 1.82) is 0 Å². The molecule has 2 aliphatic rings. The zero-order valence-corrected chi connectivity index (χ0v) is 17.0. The maximum atomic E-state index is 13.3. The lowest BCUT2D eigenvalue weighted by Crippen LogP contribution is -2.44. The number of carbonyl (C=O) groups is 1. The highest BCUT2D eigenvalue weighted by Crippen LogP contribution is 2.34. The number of halogens is 4. The minimum Gasteiger partial charge on any atom is -0.341 e. The maximum absolute atomic E-state index is 13.3. The van der Waals surface area contributed by atoms with Crippen LogP contribution in [0.25, 0.3) is 0 Å². The van der Waals surface area contributed by atoms with Crippen LogP contribution in [-0.4, -0.2) is 35.5 Å². The van der Waals surface area contributed by atoms with Crippen LogP contribution in [0, 0.1) is 11.8 Å². The van der Waals surface area contributed by atoms with Crippen LogP contribution in [0.2, 0.25) is 5.02 Å². The standard InChI is InChI=1S/C21H22ClF3N4O/c22-16-3-5-17(6-4-16)29(13-14-1-2-14)19(30)15-8-11-28(12-9-15)20-26-10-7-18(27-20)21(23,24)25/h3-7,10,14-15H,1-2,8-9,11-13H2. The topological polar surface area (TPSA) is 49.3 Å². The summed E-state index contributed by atoms with van der Waals surface area (Å²) in [6.07, 6.45) is -0.0278. The summed E-state index contributed by atoms with van der Waals surface area (Å²) in [5, 5.41) is 0.618. The summed E-state index contributed by atoms with van der Waals surface area (Å²) in [5.74, 6) is 0.474.